The summed E-state index contributed by atoms with van der Waals surface area (Å²) >= 11 is 0. The van der Waals surface area contributed by atoms with Crippen molar-refractivity contribution in [2.45, 2.75) is 30.0 Å². The monoisotopic (exact) mass is 384 g/mol. The van der Waals surface area contributed by atoms with E-state index >= 15 is 0 Å². The van der Waals surface area contributed by atoms with Gasteiger partial charge in [0.1, 0.15) is 0 Å². The van der Waals surface area contributed by atoms with E-state index in [9.17, 15) is 31.5 Å². The van der Waals surface area contributed by atoms with Crippen LogP contribution >= 0.6 is 0 Å². The van der Waals surface area contributed by atoms with Crippen molar-refractivity contribution in [3.05, 3.63) is 29.3 Å². The Bertz CT molecular complexity index is 700. The molecule has 0 aliphatic rings. The van der Waals surface area contributed by atoms with Gasteiger partial charge in [-0.15, -0.1) is 0 Å². The summed E-state index contributed by atoms with van der Waals surface area (Å²) in [6.07, 6.45) is -5.47. The van der Waals surface area contributed by atoms with E-state index in [0.29, 0.717) is 25.2 Å². The molecule has 0 radical (unpaired) electrons. The third-order valence-electron chi connectivity index (χ3n) is 3.36. The van der Waals surface area contributed by atoms with Gasteiger partial charge in [-0.1, -0.05) is 0 Å². The second-order valence-electron chi connectivity index (χ2n) is 5.27. The maximum Gasteiger partial charge on any atom is 0.417 e. The van der Waals surface area contributed by atoms with Crippen LogP contribution in [-0.4, -0.2) is 52.2 Å². The highest BCUT2D eigenvalue weighted by atomic mass is 32.2. The number of ether oxygens (including phenoxy) is 2. The minimum atomic E-state index is -4.84. The van der Waals surface area contributed by atoms with Crippen LogP contribution in [0.3, 0.4) is 0 Å². The first-order valence-corrected chi connectivity index (χ1v) is 8.87. The molecule has 0 fully saturated rings. The van der Waals surface area contributed by atoms with Gasteiger partial charge in [0, 0.05) is 13.7 Å². The van der Waals surface area contributed by atoms with Crippen molar-refractivity contribution in [2.24, 2.45) is 0 Å². The summed E-state index contributed by atoms with van der Waals surface area (Å²) in [6, 6.07) is 1.88. The number of aliphatic hydroxyl groups is 1. The average molecular weight is 384 g/mol. The van der Waals surface area contributed by atoms with Gasteiger partial charge < -0.3 is 14.6 Å². The zero-order valence-corrected chi connectivity index (χ0v) is 14.5. The summed E-state index contributed by atoms with van der Waals surface area (Å²) in [5.41, 5.74) is -2.19. The van der Waals surface area contributed by atoms with E-state index in [-0.39, 0.29) is 6.42 Å². The number of halogens is 3. The Morgan fingerprint density at radius 1 is 1.28 bits per heavy atom. The first-order chi connectivity index (χ1) is 11.5. The van der Waals surface area contributed by atoms with Gasteiger partial charge >= 0.3 is 12.1 Å². The molecule has 0 spiro atoms. The van der Waals surface area contributed by atoms with E-state index in [1.165, 1.54) is 7.11 Å². The molecular formula is C15H19F3O6S. The molecule has 1 N–H and O–H groups in total. The van der Waals surface area contributed by atoms with E-state index in [1.54, 1.807) is 0 Å². The molecule has 0 aliphatic heterocycles. The van der Waals surface area contributed by atoms with Gasteiger partial charge in [0.2, 0.25) is 0 Å². The molecule has 1 rings (SSSR count). The summed E-state index contributed by atoms with van der Waals surface area (Å²) in [5, 5.41) is 9.77. The summed E-state index contributed by atoms with van der Waals surface area (Å²) in [5.74, 6) is -1.98. The number of rotatable bonds is 8. The molecule has 0 saturated carbocycles. The van der Waals surface area contributed by atoms with Crippen LogP contribution in [0.5, 0.6) is 0 Å². The van der Waals surface area contributed by atoms with Crippen molar-refractivity contribution >= 4 is 15.8 Å². The SMILES string of the molecule is COCCCC(O)CS(=O)(=O)c1ccc(C(F)(F)F)c(C(=O)OC)c1. The quantitative estimate of drug-likeness (QED) is 0.545. The lowest BCUT2D eigenvalue weighted by molar-refractivity contribution is -0.138. The van der Waals surface area contributed by atoms with E-state index in [1.807, 2.05) is 0 Å². The van der Waals surface area contributed by atoms with Crippen LogP contribution in [0.2, 0.25) is 0 Å². The van der Waals surface area contributed by atoms with Crippen LogP contribution in [0, 0.1) is 0 Å². The number of methoxy groups -OCH3 is 2. The van der Waals surface area contributed by atoms with Crippen molar-refractivity contribution in [1.82, 2.24) is 0 Å². The Labute approximate surface area is 143 Å². The molecule has 0 aromatic heterocycles. The van der Waals surface area contributed by atoms with Crippen LogP contribution in [0.4, 0.5) is 13.2 Å². The third-order valence-corrected chi connectivity index (χ3v) is 5.15. The fourth-order valence-electron chi connectivity index (χ4n) is 2.14. The van der Waals surface area contributed by atoms with E-state index in [4.69, 9.17) is 4.74 Å². The molecule has 0 bridgehead atoms. The second-order valence-corrected chi connectivity index (χ2v) is 7.30. The standard InChI is InChI=1S/C15H19F3O6S/c1-23-7-3-4-10(19)9-25(21,22)11-5-6-13(15(16,17)18)12(8-11)14(20)24-2/h5-6,8,10,19H,3-4,7,9H2,1-2H3. The largest absolute Gasteiger partial charge is 0.465 e. The van der Waals surface area contributed by atoms with E-state index < -0.39 is 49.9 Å². The minimum absolute atomic E-state index is 0.150. The Hall–Kier alpha value is -1.65. The number of aliphatic hydroxyl groups excluding tert-OH is 1. The molecule has 142 valence electrons. The Balaban J connectivity index is 3.14. The summed E-state index contributed by atoms with van der Waals surface area (Å²) in [4.78, 5) is 11.1. The number of carbonyl (C=O) groups excluding carboxylic acids is 1. The highest BCUT2D eigenvalue weighted by Crippen LogP contribution is 2.33. The zero-order valence-electron chi connectivity index (χ0n) is 13.7. The number of hydrogen-bond acceptors (Lipinski definition) is 6. The van der Waals surface area contributed by atoms with Gasteiger partial charge in [-0.25, -0.2) is 13.2 Å². The van der Waals surface area contributed by atoms with Crippen molar-refractivity contribution < 1.29 is 41.0 Å². The first kappa shape index (κ1) is 21.4. The normalized spacial score (nSPS) is 13.5. The van der Waals surface area contributed by atoms with Gasteiger partial charge in [-0.2, -0.15) is 13.2 Å². The van der Waals surface area contributed by atoms with Crippen molar-refractivity contribution in [3.8, 4) is 0 Å². The summed E-state index contributed by atoms with van der Waals surface area (Å²) in [7, 11) is -1.74. The zero-order chi connectivity index (χ0) is 19.3. The van der Waals surface area contributed by atoms with Crippen LogP contribution in [0.1, 0.15) is 28.8 Å². The lowest BCUT2D eigenvalue weighted by Crippen LogP contribution is -2.22. The van der Waals surface area contributed by atoms with Crippen molar-refractivity contribution in [1.29, 1.82) is 0 Å². The van der Waals surface area contributed by atoms with Crippen LogP contribution in [0.25, 0.3) is 0 Å². The predicted octanol–water partition coefficient (Wildman–Crippen LogP) is 2.05. The highest BCUT2D eigenvalue weighted by molar-refractivity contribution is 7.91. The molecule has 0 aliphatic carbocycles. The smallest absolute Gasteiger partial charge is 0.417 e. The van der Waals surface area contributed by atoms with Gasteiger partial charge in [0.05, 0.1) is 35.0 Å². The molecule has 6 nitrogen and oxygen atoms in total. The number of benzene rings is 1. The fourth-order valence-corrected chi connectivity index (χ4v) is 3.58. The second kappa shape index (κ2) is 8.63. The first-order valence-electron chi connectivity index (χ1n) is 7.22. The van der Waals surface area contributed by atoms with Crippen molar-refractivity contribution in [3.63, 3.8) is 0 Å². The van der Waals surface area contributed by atoms with Gasteiger partial charge in [0.25, 0.3) is 0 Å². The Morgan fingerprint density at radius 3 is 2.44 bits per heavy atom. The minimum Gasteiger partial charge on any atom is -0.465 e. The Kier molecular flexibility index (Phi) is 7.39. The molecule has 0 amide bonds. The number of hydrogen-bond donors (Lipinski definition) is 1. The number of sulfone groups is 1. The van der Waals surface area contributed by atoms with Crippen LogP contribution in [0.15, 0.2) is 23.1 Å². The average Bonchev–Trinajstić information content (AvgIpc) is 2.52. The topological polar surface area (TPSA) is 89.9 Å². The number of carbonyl (C=O) groups is 1. The lowest BCUT2D eigenvalue weighted by Gasteiger charge is -2.15. The van der Waals surface area contributed by atoms with Gasteiger partial charge in [-0.05, 0) is 31.0 Å². The molecule has 0 saturated heterocycles. The summed E-state index contributed by atoms with van der Waals surface area (Å²) < 4.78 is 72.5. The van der Waals surface area contributed by atoms with Crippen LogP contribution < -0.4 is 0 Å². The molecule has 1 aromatic carbocycles. The molecule has 10 heteroatoms. The summed E-state index contributed by atoms with van der Waals surface area (Å²) in [6.45, 7) is 0.337. The van der Waals surface area contributed by atoms with Crippen molar-refractivity contribution in [2.75, 3.05) is 26.6 Å². The fraction of sp³-hybridized carbons (Fsp3) is 0.533. The van der Waals surface area contributed by atoms with E-state index in [0.717, 1.165) is 13.2 Å². The lowest BCUT2D eigenvalue weighted by atomic mass is 10.1. The Morgan fingerprint density at radius 2 is 1.92 bits per heavy atom. The number of alkyl halides is 3. The molecule has 1 unspecified atom stereocenters. The molecule has 1 atom stereocenters. The van der Waals surface area contributed by atoms with Gasteiger partial charge in [-0.3, -0.25) is 0 Å². The number of esters is 1. The molecule has 25 heavy (non-hydrogen) atoms. The molecule has 0 heterocycles. The van der Waals surface area contributed by atoms with Crippen LogP contribution in [-0.2, 0) is 25.5 Å². The van der Waals surface area contributed by atoms with Gasteiger partial charge in [0.15, 0.2) is 9.84 Å². The maximum absolute atomic E-state index is 12.9. The van der Waals surface area contributed by atoms with E-state index in [2.05, 4.69) is 4.74 Å². The third kappa shape index (κ3) is 5.98. The highest BCUT2D eigenvalue weighted by Gasteiger charge is 2.36. The maximum atomic E-state index is 12.9. The molecule has 1 aromatic rings. The molecular weight excluding hydrogens is 365 g/mol. The predicted molar refractivity (Wildman–Crippen MR) is 82.0 cm³/mol.